The average Bonchev–Trinajstić information content (AvgIpc) is 3.60. The van der Waals surface area contributed by atoms with Crippen LogP contribution in [0.3, 0.4) is 0 Å². The molecule has 11 nitrogen and oxygen atoms in total. The molecule has 0 unspecified atom stereocenters. The molecule has 33 heavy (non-hydrogen) atoms. The van der Waals surface area contributed by atoms with Gasteiger partial charge < -0.3 is 5.32 Å². The van der Waals surface area contributed by atoms with Gasteiger partial charge in [-0.1, -0.05) is 0 Å². The van der Waals surface area contributed by atoms with Crippen LogP contribution in [0.4, 0.5) is 5.69 Å². The second kappa shape index (κ2) is 8.34. The number of aromatic nitrogens is 9. The van der Waals surface area contributed by atoms with Crippen molar-refractivity contribution in [1.82, 2.24) is 43.9 Å². The summed E-state index contributed by atoms with van der Waals surface area (Å²) in [5.74, 6) is -0.297. The quantitative estimate of drug-likeness (QED) is 0.413. The zero-order chi connectivity index (χ0) is 22.9. The predicted molar refractivity (Wildman–Crippen MR) is 122 cm³/mol. The molecule has 168 valence electrons. The first kappa shape index (κ1) is 20.6. The maximum Gasteiger partial charge on any atom is 0.261 e. The van der Waals surface area contributed by atoms with E-state index in [9.17, 15) is 4.79 Å². The number of nitrogens with zero attached hydrogens (tertiary/aromatic N) is 9. The summed E-state index contributed by atoms with van der Waals surface area (Å²) in [6.45, 7) is 8.19. The van der Waals surface area contributed by atoms with Crippen LogP contribution in [0.2, 0.25) is 0 Å². The van der Waals surface area contributed by atoms with Gasteiger partial charge in [0.1, 0.15) is 5.56 Å². The lowest BCUT2D eigenvalue weighted by atomic mass is 10.2. The van der Waals surface area contributed by atoms with E-state index in [1.54, 1.807) is 27.8 Å². The van der Waals surface area contributed by atoms with Crippen LogP contribution >= 0.6 is 0 Å². The van der Waals surface area contributed by atoms with Gasteiger partial charge in [0.15, 0.2) is 5.65 Å². The third-order valence-electron chi connectivity index (χ3n) is 5.44. The molecular formula is C22H24N10O. The Morgan fingerprint density at radius 3 is 2.55 bits per heavy atom. The van der Waals surface area contributed by atoms with Crippen LogP contribution in [-0.4, -0.2) is 49.8 Å². The molecule has 0 radical (unpaired) electrons. The van der Waals surface area contributed by atoms with Gasteiger partial charge in [-0.15, -0.1) is 0 Å². The van der Waals surface area contributed by atoms with E-state index in [0.29, 0.717) is 23.4 Å². The minimum absolute atomic E-state index is 0.297. The van der Waals surface area contributed by atoms with Crippen LogP contribution < -0.4 is 5.32 Å². The lowest BCUT2D eigenvalue weighted by molar-refractivity contribution is 0.102. The van der Waals surface area contributed by atoms with Crippen LogP contribution in [0.5, 0.6) is 0 Å². The van der Waals surface area contributed by atoms with Crippen molar-refractivity contribution in [2.24, 2.45) is 0 Å². The van der Waals surface area contributed by atoms with Crippen LogP contribution in [0, 0.1) is 6.92 Å². The molecule has 0 aromatic carbocycles. The number of fused-ring (bicyclic) bond motifs is 1. The van der Waals surface area contributed by atoms with Gasteiger partial charge in [-0.2, -0.15) is 20.4 Å². The van der Waals surface area contributed by atoms with E-state index in [1.165, 1.54) is 6.20 Å². The molecule has 5 heterocycles. The number of hydrogen-bond acceptors (Lipinski definition) is 6. The van der Waals surface area contributed by atoms with Crippen molar-refractivity contribution in [2.75, 3.05) is 5.32 Å². The molecule has 0 aliphatic heterocycles. The highest BCUT2D eigenvalue weighted by atomic mass is 16.1. The smallest absolute Gasteiger partial charge is 0.261 e. The highest BCUT2D eigenvalue weighted by Gasteiger charge is 2.18. The fourth-order valence-corrected chi connectivity index (χ4v) is 3.75. The molecule has 0 saturated heterocycles. The predicted octanol–water partition coefficient (Wildman–Crippen LogP) is 2.63. The lowest BCUT2D eigenvalue weighted by Gasteiger charge is -2.04. The van der Waals surface area contributed by atoms with E-state index in [0.717, 1.165) is 35.6 Å². The van der Waals surface area contributed by atoms with Crippen molar-refractivity contribution in [1.29, 1.82) is 0 Å². The van der Waals surface area contributed by atoms with Crippen molar-refractivity contribution in [3.63, 3.8) is 0 Å². The Balaban J connectivity index is 1.37. The third kappa shape index (κ3) is 3.88. The molecule has 0 aliphatic rings. The molecule has 1 amide bonds. The van der Waals surface area contributed by atoms with E-state index in [4.69, 9.17) is 0 Å². The minimum atomic E-state index is -0.297. The minimum Gasteiger partial charge on any atom is -0.319 e. The topological polar surface area (TPSA) is 113 Å². The zero-order valence-electron chi connectivity index (χ0n) is 18.7. The molecule has 0 atom stereocenters. The summed E-state index contributed by atoms with van der Waals surface area (Å²) >= 11 is 0. The van der Waals surface area contributed by atoms with Crippen LogP contribution in [-0.2, 0) is 19.6 Å². The van der Waals surface area contributed by atoms with Gasteiger partial charge in [-0.05, 0) is 26.8 Å². The van der Waals surface area contributed by atoms with Gasteiger partial charge >= 0.3 is 0 Å². The van der Waals surface area contributed by atoms with Gasteiger partial charge in [-0.3, -0.25) is 18.8 Å². The number of nitrogens with one attached hydrogen (secondary N) is 1. The molecule has 0 bridgehead atoms. The van der Waals surface area contributed by atoms with Crippen LogP contribution in [0.25, 0.3) is 16.9 Å². The summed E-state index contributed by atoms with van der Waals surface area (Å²) in [5, 5.41) is 20.4. The van der Waals surface area contributed by atoms with E-state index in [-0.39, 0.29) is 5.91 Å². The van der Waals surface area contributed by atoms with Gasteiger partial charge in [-0.25, -0.2) is 9.50 Å². The van der Waals surface area contributed by atoms with Gasteiger partial charge in [0, 0.05) is 49.0 Å². The first-order chi connectivity index (χ1) is 16.1. The largest absolute Gasteiger partial charge is 0.319 e. The number of rotatable bonds is 7. The molecule has 5 aromatic heterocycles. The second-order valence-corrected chi connectivity index (χ2v) is 7.69. The first-order valence-electron chi connectivity index (χ1n) is 10.8. The fourth-order valence-electron chi connectivity index (χ4n) is 3.75. The molecular weight excluding hydrogens is 420 g/mol. The lowest BCUT2D eigenvalue weighted by Crippen LogP contribution is -2.11. The van der Waals surface area contributed by atoms with E-state index < -0.39 is 0 Å². The van der Waals surface area contributed by atoms with Gasteiger partial charge in [0.2, 0.25) is 0 Å². The maximum atomic E-state index is 13.0. The summed E-state index contributed by atoms with van der Waals surface area (Å²) in [4.78, 5) is 17.4. The Kier molecular flexibility index (Phi) is 5.21. The molecule has 5 aromatic rings. The van der Waals surface area contributed by atoms with E-state index >= 15 is 0 Å². The number of carbonyl (C=O) groups excluding carboxylic acids is 1. The Morgan fingerprint density at radius 2 is 1.79 bits per heavy atom. The first-order valence-corrected chi connectivity index (χ1v) is 10.8. The molecule has 0 spiro atoms. The summed E-state index contributed by atoms with van der Waals surface area (Å²) in [7, 11) is 0. The Bertz CT molecular complexity index is 1440. The number of aryl methyl sites for hydroxylation is 3. The number of anilines is 1. The number of carbonyl (C=O) groups is 1. The molecule has 0 aliphatic carbocycles. The maximum absolute atomic E-state index is 13.0. The molecule has 0 saturated carbocycles. The summed E-state index contributed by atoms with van der Waals surface area (Å²) in [5.41, 5.74) is 5.17. The standard InChI is InChI=1S/C22H24N10O/c1-4-29-11-16(8-24-29)12-31-13-17(9-25-31)27-22(33)18-10-26-32-20(6-7-23-21(18)32)19-14-30(5-2)28-15(19)3/h6-11,13-14H,4-5,12H2,1-3H3,(H,27,33). The van der Waals surface area contributed by atoms with Crippen molar-refractivity contribution in [3.8, 4) is 11.3 Å². The van der Waals surface area contributed by atoms with Crippen molar-refractivity contribution in [3.05, 3.63) is 66.3 Å². The Morgan fingerprint density at radius 1 is 0.970 bits per heavy atom. The van der Waals surface area contributed by atoms with Crippen molar-refractivity contribution >= 4 is 17.2 Å². The highest BCUT2D eigenvalue weighted by Crippen LogP contribution is 2.24. The monoisotopic (exact) mass is 444 g/mol. The summed E-state index contributed by atoms with van der Waals surface area (Å²) < 4.78 is 7.17. The van der Waals surface area contributed by atoms with Gasteiger partial charge in [0.25, 0.3) is 5.91 Å². The Labute approximate surface area is 189 Å². The van der Waals surface area contributed by atoms with Gasteiger partial charge in [0.05, 0.1) is 42.2 Å². The van der Waals surface area contributed by atoms with E-state index in [1.807, 2.05) is 54.8 Å². The normalized spacial score (nSPS) is 11.4. The molecule has 0 fully saturated rings. The SMILES string of the molecule is CCn1cc(Cn2cc(NC(=O)c3cnn4c(-c5cn(CC)nc5C)ccnc34)cn2)cn1. The number of hydrogen-bond donors (Lipinski definition) is 1. The summed E-state index contributed by atoms with van der Waals surface area (Å²) in [6, 6.07) is 1.87. The molecule has 5 rings (SSSR count). The number of amides is 1. The van der Waals surface area contributed by atoms with E-state index in [2.05, 4.69) is 30.7 Å². The van der Waals surface area contributed by atoms with Crippen molar-refractivity contribution in [2.45, 2.75) is 40.4 Å². The van der Waals surface area contributed by atoms with Crippen molar-refractivity contribution < 1.29 is 4.79 Å². The average molecular weight is 445 g/mol. The van der Waals surface area contributed by atoms with Crippen LogP contribution in [0.15, 0.2) is 49.4 Å². The summed E-state index contributed by atoms with van der Waals surface area (Å²) in [6.07, 6.45) is 12.4. The third-order valence-corrected chi connectivity index (χ3v) is 5.44. The fraction of sp³-hybridized carbons (Fsp3) is 0.273. The molecule has 1 N–H and O–H groups in total. The highest BCUT2D eigenvalue weighted by molar-refractivity contribution is 6.08. The van der Waals surface area contributed by atoms with Crippen LogP contribution in [0.1, 0.15) is 35.5 Å². The second-order valence-electron chi connectivity index (χ2n) is 7.69. The molecule has 11 heteroatoms. The Hall–Kier alpha value is -4.28. The zero-order valence-corrected chi connectivity index (χ0v) is 18.7.